The lowest BCUT2D eigenvalue weighted by molar-refractivity contribution is -0.383. The van der Waals surface area contributed by atoms with Crippen LogP contribution in [0.15, 0.2) is 36.7 Å². The van der Waals surface area contributed by atoms with Gasteiger partial charge in [0.2, 0.25) is 11.6 Å². The number of hydrogen-bond donors (Lipinski definition) is 0. The lowest BCUT2D eigenvalue weighted by Gasteiger charge is -2.38. The zero-order valence-electron chi connectivity index (χ0n) is 16.3. The summed E-state index contributed by atoms with van der Waals surface area (Å²) in [6, 6.07) is 12.3. The molecule has 150 valence electrons. The highest BCUT2D eigenvalue weighted by molar-refractivity contribution is 5.71. The fraction of sp³-hybridized carbons (Fsp3) is 0.476. The van der Waals surface area contributed by atoms with E-state index in [-0.39, 0.29) is 10.6 Å². The summed E-state index contributed by atoms with van der Waals surface area (Å²) in [6.45, 7) is 2.64. The number of piperidine rings is 2. The Labute approximate surface area is 169 Å². The summed E-state index contributed by atoms with van der Waals surface area (Å²) in [5, 5.41) is 21.9. The highest BCUT2D eigenvalue weighted by atomic mass is 16.6. The van der Waals surface area contributed by atoms with Crippen molar-refractivity contribution >= 4 is 17.3 Å². The lowest BCUT2D eigenvalue weighted by Crippen LogP contribution is -2.42. The Balaban J connectivity index is 1.61. The van der Waals surface area contributed by atoms with Crippen LogP contribution in [0.1, 0.15) is 37.7 Å². The van der Waals surface area contributed by atoms with Crippen molar-refractivity contribution in [2.24, 2.45) is 0 Å². The number of nitriles is 1. The standard InChI is InChI=1S/C21H24N6O2/c22-15-21(17-7-3-1-4-8-17)9-13-26(14-10-21)20-18(27(28)29)19(23-16-24-20)25-11-5-2-6-12-25/h1,3-4,7-8,16H,2,5-6,9-14H2. The summed E-state index contributed by atoms with van der Waals surface area (Å²) >= 11 is 0. The first-order valence-electron chi connectivity index (χ1n) is 10.1. The van der Waals surface area contributed by atoms with Gasteiger partial charge >= 0.3 is 5.69 Å². The van der Waals surface area contributed by atoms with Crippen molar-refractivity contribution in [3.63, 3.8) is 0 Å². The third kappa shape index (κ3) is 3.60. The number of nitro groups is 1. The second kappa shape index (κ2) is 8.03. The topological polar surface area (TPSA) is 99.2 Å². The Kier molecular flexibility index (Phi) is 5.30. The van der Waals surface area contributed by atoms with Gasteiger partial charge in [-0.2, -0.15) is 5.26 Å². The number of nitrogens with zero attached hydrogens (tertiary/aromatic N) is 6. The molecule has 0 unspecified atom stereocenters. The van der Waals surface area contributed by atoms with Crippen LogP contribution >= 0.6 is 0 Å². The Bertz CT molecular complexity index is 913. The first-order valence-corrected chi connectivity index (χ1v) is 10.1. The predicted molar refractivity (Wildman–Crippen MR) is 110 cm³/mol. The molecule has 29 heavy (non-hydrogen) atoms. The van der Waals surface area contributed by atoms with Crippen molar-refractivity contribution in [3.05, 3.63) is 52.3 Å². The molecular formula is C21H24N6O2. The van der Waals surface area contributed by atoms with Gasteiger partial charge in [-0.05, 0) is 37.7 Å². The van der Waals surface area contributed by atoms with Crippen molar-refractivity contribution < 1.29 is 4.92 Å². The highest BCUT2D eigenvalue weighted by Crippen LogP contribution is 2.40. The number of rotatable bonds is 4. The van der Waals surface area contributed by atoms with E-state index in [2.05, 4.69) is 16.0 Å². The molecule has 4 rings (SSSR count). The molecule has 1 aromatic heterocycles. The molecule has 0 N–H and O–H groups in total. The second-order valence-electron chi connectivity index (χ2n) is 7.72. The van der Waals surface area contributed by atoms with Crippen molar-refractivity contribution in [2.75, 3.05) is 36.0 Å². The van der Waals surface area contributed by atoms with E-state index in [0.29, 0.717) is 37.6 Å². The van der Waals surface area contributed by atoms with Gasteiger partial charge in [-0.25, -0.2) is 9.97 Å². The minimum Gasteiger partial charge on any atom is -0.351 e. The SMILES string of the molecule is N#CC1(c2ccccc2)CCN(c2ncnc(N3CCCCC3)c2[N+](=O)[O-])CC1. The van der Waals surface area contributed by atoms with Gasteiger partial charge in [-0.3, -0.25) is 10.1 Å². The zero-order chi connectivity index (χ0) is 20.3. The largest absolute Gasteiger partial charge is 0.353 e. The molecule has 1 aromatic carbocycles. The van der Waals surface area contributed by atoms with E-state index >= 15 is 0 Å². The molecule has 2 saturated heterocycles. The predicted octanol–water partition coefficient (Wildman–Crippen LogP) is 3.44. The second-order valence-corrected chi connectivity index (χ2v) is 7.72. The van der Waals surface area contributed by atoms with E-state index in [1.807, 2.05) is 40.1 Å². The lowest BCUT2D eigenvalue weighted by atomic mass is 9.74. The molecule has 3 heterocycles. The van der Waals surface area contributed by atoms with Gasteiger partial charge in [0, 0.05) is 26.2 Å². The summed E-state index contributed by atoms with van der Waals surface area (Å²) < 4.78 is 0. The van der Waals surface area contributed by atoms with Gasteiger partial charge in [-0.15, -0.1) is 0 Å². The molecule has 2 aliphatic rings. The maximum Gasteiger partial charge on any atom is 0.353 e. The van der Waals surface area contributed by atoms with Gasteiger partial charge < -0.3 is 9.80 Å². The Morgan fingerprint density at radius 1 is 0.966 bits per heavy atom. The average Bonchev–Trinajstić information content (AvgIpc) is 2.79. The summed E-state index contributed by atoms with van der Waals surface area (Å²) in [5.74, 6) is 0.782. The molecule has 8 heteroatoms. The molecule has 2 aliphatic heterocycles. The fourth-order valence-corrected chi connectivity index (χ4v) is 4.41. The Morgan fingerprint density at radius 2 is 1.55 bits per heavy atom. The molecule has 0 amide bonds. The van der Waals surface area contributed by atoms with Crippen LogP contribution in [0, 0.1) is 21.4 Å². The van der Waals surface area contributed by atoms with Crippen LogP contribution in [0.2, 0.25) is 0 Å². The van der Waals surface area contributed by atoms with Crippen LogP contribution in [0.3, 0.4) is 0 Å². The van der Waals surface area contributed by atoms with Gasteiger partial charge in [0.25, 0.3) is 0 Å². The van der Waals surface area contributed by atoms with Gasteiger partial charge in [-0.1, -0.05) is 30.3 Å². The first-order chi connectivity index (χ1) is 14.1. The fourth-order valence-electron chi connectivity index (χ4n) is 4.41. The van der Waals surface area contributed by atoms with E-state index in [1.165, 1.54) is 6.33 Å². The molecular weight excluding hydrogens is 368 g/mol. The number of aromatic nitrogens is 2. The summed E-state index contributed by atoms with van der Waals surface area (Å²) in [7, 11) is 0. The minimum absolute atomic E-state index is 0.0152. The number of hydrogen-bond acceptors (Lipinski definition) is 7. The maximum absolute atomic E-state index is 12.0. The van der Waals surface area contributed by atoms with Gasteiger partial charge in [0.15, 0.2) is 0 Å². The normalized spacial score (nSPS) is 18.9. The highest BCUT2D eigenvalue weighted by Gasteiger charge is 2.39. The molecule has 0 saturated carbocycles. The Morgan fingerprint density at radius 3 is 2.10 bits per heavy atom. The molecule has 0 bridgehead atoms. The first kappa shape index (κ1) is 19.1. The molecule has 2 fully saturated rings. The van der Waals surface area contributed by atoms with E-state index in [4.69, 9.17) is 0 Å². The molecule has 0 atom stereocenters. The average molecular weight is 392 g/mol. The quantitative estimate of drug-likeness (QED) is 0.580. The monoisotopic (exact) mass is 392 g/mol. The zero-order valence-corrected chi connectivity index (χ0v) is 16.3. The summed E-state index contributed by atoms with van der Waals surface area (Å²) in [5.41, 5.74) is 0.432. The van der Waals surface area contributed by atoms with Gasteiger partial charge in [0.05, 0.1) is 16.4 Å². The molecule has 0 radical (unpaired) electrons. The number of anilines is 2. The molecule has 0 spiro atoms. The van der Waals surface area contributed by atoms with E-state index in [0.717, 1.165) is 37.9 Å². The van der Waals surface area contributed by atoms with Crippen LogP contribution in [-0.2, 0) is 5.41 Å². The van der Waals surface area contributed by atoms with Crippen LogP contribution < -0.4 is 9.80 Å². The van der Waals surface area contributed by atoms with Crippen LogP contribution in [0.4, 0.5) is 17.3 Å². The van der Waals surface area contributed by atoms with Crippen LogP contribution in [-0.4, -0.2) is 41.1 Å². The van der Waals surface area contributed by atoms with E-state index in [9.17, 15) is 15.4 Å². The molecule has 2 aromatic rings. The van der Waals surface area contributed by atoms with Crippen molar-refractivity contribution in [1.82, 2.24) is 9.97 Å². The Hall–Kier alpha value is -3.21. The van der Waals surface area contributed by atoms with Crippen molar-refractivity contribution in [2.45, 2.75) is 37.5 Å². The smallest absolute Gasteiger partial charge is 0.351 e. The van der Waals surface area contributed by atoms with Crippen LogP contribution in [0.5, 0.6) is 0 Å². The van der Waals surface area contributed by atoms with Gasteiger partial charge in [0.1, 0.15) is 6.33 Å². The summed E-state index contributed by atoms with van der Waals surface area (Å²) in [6.07, 6.45) is 5.81. The summed E-state index contributed by atoms with van der Waals surface area (Å²) in [4.78, 5) is 24.1. The van der Waals surface area contributed by atoms with E-state index in [1.54, 1.807) is 0 Å². The molecule has 0 aliphatic carbocycles. The van der Waals surface area contributed by atoms with Crippen LogP contribution in [0.25, 0.3) is 0 Å². The third-order valence-corrected chi connectivity index (χ3v) is 6.08. The minimum atomic E-state index is -0.560. The van der Waals surface area contributed by atoms with E-state index < -0.39 is 5.41 Å². The molecule has 8 nitrogen and oxygen atoms in total. The maximum atomic E-state index is 12.0. The van der Waals surface area contributed by atoms with Crippen molar-refractivity contribution in [3.8, 4) is 6.07 Å². The van der Waals surface area contributed by atoms with Crippen molar-refractivity contribution in [1.29, 1.82) is 5.26 Å². The number of benzene rings is 1. The third-order valence-electron chi connectivity index (χ3n) is 6.08.